The molecule has 0 fully saturated rings. The van der Waals surface area contributed by atoms with Gasteiger partial charge >= 0.3 is 5.97 Å². The fourth-order valence-corrected chi connectivity index (χ4v) is 1.03. The molecule has 0 bridgehead atoms. The summed E-state index contributed by atoms with van der Waals surface area (Å²) in [5, 5.41) is 14.0. The number of nitrogens with one attached hydrogen (secondary N) is 1. The van der Waals surface area contributed by atoms with Gasteiger partial charge in [0.25, 0.3) is 0 Å². The lowest BCUT2D eigenvalue weighted by Crippen LogP contribution is -2.21. The first kappa shape index (κ1) is 11.4. The summed E-state index contributed by atoms with van der Waals surface area (Å²) in [6.07, 6.45) is -0.374. The van der Waals surface area contributed by atoms with E-state index in [-0.39, 0.29) is 6.42 Å². The van der Waals surface area contributed by atoms with Crippen molar-refractivity contribution in [3.05, 3.63) is 0 Å². The van der Waals surface area contributed by atoms with Crippen molar-refractivity contribution >= 4 is 31.4 Å². The van der Waals surface area contributed by atoms with Gasteiger partial charge in [-0.1, -0.05) is 0 Å². The van der Waals surface area contributed by atoms with Crippen molar-refractivity contribution in [1.29, 1.82) is 5.41 Å². The molecule has 0 aliphatic heterocycles. The minimum Gasteiger partial charge on any atom is -0.477 e. The molecule has 0 saturated carbocycles. The van der Waals surface area contributed by atoms with Crippen molar-refractivity contribution in [1.82, 2.24) is 0 Å². The molecule has 0 amide bonds. The number of carbonyl (C=O) groups is 1. The van der Waals surface area contributed by atoms with Gasteiger partial charge in [-0.3, -0.25) is 5.41 Å². The number of halogens is 1. The molecule has 0 aromatic rings. The first-order valence-electron chi connectivity index (χ1n) is 2.99. The smallest absolute Gasteiger partial charge is 0.349 e. The SMILES string of the molecule is CC(CC(=N)C(=O)O)S(=O)(=O)Cl. The average Bonchev–Trinajstić information content (AvgIpc) is 1.85. The Kier molecular flexibility index (Phi) is 3.66. The van der Waals surface area contributed by atoms with E-state index in [2.05, 4.69) is 0 Å². The maximum Gasteiger partial charge on any atom is 0.349 e. The van der Waals surface area contributed by atoms with Crippen molar-refractivity contribution in [2.24, 2.45) is 0 Å². The predicted octanol–water partition coefficient (Wildman–Crippen LogP) is 0.438. The van der Waals surface area contributed by atoms with Gasteiger partial charge in [0.2, 0.25) is 9.05 Å². The van der Waals surface area contributed by atoms with Crippen LogP contribution in [0.25, 0.3) is 0 Å². The quantitative estimate of drug-likeness (QED) is 0.523. The van der Waals surface area contributed by atoms with E-state index in [1.807, 2.05) is 0 Å². The summed E-state index contributed by atoms with van der Waals surface area (Å²) in [6, 6.07) is 0. The van der Waals surface area contributed by atoms with Crippen LogP contribution in [0.4, 0.5) is 0 Å². The standard InChI is InChI=1S/C5H8ClNO4S/c1-3(12(6,10)11)2-4(7)5(8)9/h3,7H,2H2,1H3,(H,8,9). The van der Waals surface area contributed by atoms with Crippen LogP contribution in [0.2, 0.25) is 0 Å². The zero-order chi connectivity index (χ0) is 9.94. The molecule has 0 aromatic carbocycles. The van der Waals surface area contributed by atoms with E-state index >= 15 is 0 Å². The van der Waals surface area contributed by atoms with Crippen LogP contribution < -0.4 is 0 Å². The van der Waals surface area contributed by atoms with Gasteiger partial charge < -0.3 is 5.11 Å². The first-order valence-corrected chi connectivity index (χ1v) is 5.36. The van der Waals surface area contributed by atoms with Crippen molar-refractivity contribution in [3.63, 3.8) is 0 Å². The van der Waals surface area contributed by atoms with E-state index in [0.29, 0.717) is 0 Å². The van der Waals surface area contributed by atoms with E-state index in [1.54, 1.807) is 0 Å². The Morgan fingerprint density at radius 1 is 1.67 bits per heavy atom. The molecule has 0 aliphatic rings. The summed E-state index contributed by atoms with van der Waals surface area (Å²) < 4.78 is 21.1. The van der Waals surface area contributed by atoms with Crippen molar-refractivity contribution in [2.75, 3.05) is 0 Å². The Balaban J connectivity index is 4.31. The Bertz CT molecular complexity index is 297. The maximum absolute atomic E-state index is 10.6. The molecule has 0 saturated heterocycles. The third-order valence-corrected chi connectivity index (χ3v) is 3.27. The second-order valence-electron chi connectivity index (χ2n) is 2.27. The van der Waals surface area contributed by atoms with Crippen molar-refractivity contribution < 1.29 is 18.3 Å². The van der Waals surface area contributed by atoms with Crippen LogP contribution in [0, 0.1) is 5.41 Å². The summed E-state index contributed by atoms with van der Waals surface area (Å²) in [7, 11) is 1.15. The van der Waals surface area contributed by atoms with Gasteiger partial charge in [-0.25, -0.2) is 13.2 Å². The second kappa shape index (κ2) is 3.86. The van der Waals surface area contributed by atoms with Crippen LogP contribution >= 0.6 is 10.7 Å². The molecule has 0 radical (unpaired) electrons. The van der Waals surface area contributed by atoms with E-state index in [0.717, 1.165) is 0 Å². The number of carboxylic acids is 1. The molecule has 70 valence electrons. The molecule has 1 atom stereocenters. The number of rotatable bonds is 4. The average molecular weight is 214 g/mol. The van der Waals surface area contributed by atoms with Gasteiger partial charge in [0.05, 0.1) is 5.25 Å². The van der Waals surface area contributed by atoms with Crippen LogP contribution in [0.5, 0.6) is 0 Å². The Morgan fingerprint density at radius 3 is 2.33 bits per heavy atom. The number of carboxylic acid groups (broad SMARTS) is 1. The fourth-order valence-electron chi connectivity index (χ4n) is 0.474. The van der Waals surface area contributed by atoms with Gasteiger partial charge in [-0.2, -0.15) is 0 Å². The third kappa shape index (κ3) is 3.68. The molecule has 0 heterocycles. The third-order valence-electron chi connectivity index (χ3n) is 1.23. The maximum atomic E-state index is 10.6. The van der Waals surface area contributed by atoms with E-state index < -0.39 is 26.0 Å². The van der Waals surface area contributed by atoms with Gasteiger partial charge in [-0.15, -0.1) is 0 Å². The summed E-state index contributed by atoms with van der Waals surface area (Å²) >= 11 is 0. The summed E-state index contributed by atoms with van der Waals surface area (Å²) in [5.74, 6) is -1.43. The van der Waals surface area contributed by atoms with E-state index in [1.165, 1.54) is 6.92 Å². The highest BCUT2D eigenvalue weighted by Crippen LogP contribution is 2.10. The van der Waals surface area contributed by atoms with Crippen LogP contribution in [-0.2, 0) is 13.8 Å². The molecule has 0 aliphatic carbocycles. The number of hydrogen-bond donors (Lipinski definition) is 2. The summed E-state index contributed by atoms with van der Waals surface area (Å²) in [4.78, 5) is 10.1. The summed E-state index contributed by atoms with van der Waals surface area (Å²) in [6.45, 7) is 1.25. The number of aliphatic carboxylic acids is 1. The van der Waals surface area contributed by atoms with Crippen molar-refractivity contribution in [2.45, 2.75) is 18.6 Å². The molecular weight excluding hydrogens is 206 g/mol. The van der Waals surface area contributed by atoms with Crippen molar-refractivity contribution in [3.8, 4) is 0 Å². The van der Waals surface area contributed by atoms with Crippen LogP contribution in [0.15, 0.2) is 0 Å². The zero-order valence-corrected chi connectivity index (χ0v) is 7.82. The van der Waals surface area contributed by atoms with Gasteiger partial charge in [0.15, 0.2) is 0 Å². The minimum atomic E-state index is -3.76. The molecular formula is C5H8ClNO4S. The lowest BCUT2D eigenvalue weighted by molar-refractivity contribution is -0.129. The van der Waals surface area contributed by atoms with Gasteiger partial charge in [0.1, 0.15) is 5.71 Å². The summed E-state index contributed by atoms with van der Waals surface area (Å²) in [5.41, 5.74) is -0.660. The topological polar surface area (TPSA) is 95.3 Å². The van der Waals surface area contributed by atoms with Crippen LogP contribution in [0.1, 0.15) is 13.3 Å². The largest absolute Gasteiger partial charge is 0.477 e. The monoisotopic (exact) mass is 213 g/mol. The molecule has 0 spiro atoms. The zero-order valence-electron chi connectivity index (χ0n) is 6.24. The molecule has 0 aromatic heterocycles. The lowest BCUT2D eigenvalue weighted by Gasteiger charge is -2.04. The van der Waals surface area contributed by atoms with Crippen LogP contribution in [-0.4, -0.2) is 30.5 Å². The predicted molar refractivity (Wildman–Crippen MR) is 44.2 cm³/mol. The van der Waals surface area contributed by atoms with Gasteiger partial charge in [-0.05, 0) is 6.92 Å². The van der Waals surface area contributed by atoms with Gasteiger partial charge in [0, 0.05) is 17.1 Å². The van der Waals surface area contributed by atoms with E-state index in [9.17, 15) is 13.2 Å². The first-order chi connectivity index (χ1) is 5.25. The Morgan fingerprint density at radius 2 is 2.08 bits per heavy atom. The number of hydrogen-bond acceptors (Lipinski definition) is 4. The lowest BCUT2D eigenvalue weighted by atomic mass is 10.2. The molecule has 12 heavy (non-hydrogen) atoms. The molecule has 1 unspecified atom stereocenters. The highest BCUT2D eigenvalue weighted by Gasteiger charge is 2.21. The molecule has 2 N–H and O–H groups in total. The Labute approximate surface area is 74.3 Å². The van der Waals surface area contributed by atoms with E-state index in [4.69, 9.17) is 21.2 Å². The highest BCUT2D eigenvalue weighted by atomic mass is 35.7. The second-order valence-corrected chi connectivity index (χ2v) is 5.32. The molecule has 7 heteroatoms. The highest BCUT2D eigenvalue weighted by molar-refractivity contribution is 8.14. The molecule has 5 nitrogen and oxygen atoms in total. The fraction of sp³-hybridized carbons (Fsp3) is 0.600. The van der Waals surface area contributed by atoms with Crippen LogP contribution in [0.3, 0.4) is 0 Å². The minimum absolute atomic E-state index is 0.374. The normalized spacial score (nSPS) is 13.8. The Hall–Kier alpha value is -0.620. The molecule has 0 rings (SSSR count).